The monoisotopic (exact) mass is 769 g/mol. The molecule has 5 aliphatic heterocycles. The lowest BCUT2D eigenvalue weighted by molar-refractivity contribution is -0.513. The topological polar surface area (TPSA) is 128 Å². The minimum atomic E-state index is -0.312. The van der Waals surface area contributed by atoms with E-state index in [4.69, 9.17) is 0 Å². The van der Waals surface area contributed by atoms with Crippen LogP contribution in [0.1, 0.15) is 55.3 Å². The van der Waals surface area contributed by atoms with E-state index in [9.17, 15) is 28.8 Å². The molecule has 4 aromatic carbocycles. The summed E-state index contributed by atoms with van der Waals surface area (Å²) in [6.07, 6.45) is 1.96. The number of rotatable bonds is 8. The Morgan fingerprint density at radius 1 is 0.526 bits per heavy atom. The van der Waals surface area contributed by atoms with Gasteiger partial charge in [-0.05, 0) is 36.4 Å². The quantitative estimate of drug-likeness (QED) is 0.196. The first kappa shape index (κ1) is 36.3. The van der Waals surface area contributed by atoms with Gasteiger partial charge in [0.25, 0.3) is 23.6 Å². The Bertz CT molecular complexity index is 2380. The Balaban J connectivity index is 0.847. The maximum absolute atomic E-state index is 13.8. The lowest BCUT2D eigenvalue weighted by atomic mass is 9.92. The number of amides is 6. The molecule has 14 heteroatoms. The Labute approximate surface area is 330 Å². The van der Waals surface area contributed by atoms with Crippen molar-refractivity contribution in [2.75, 3.05) is 101 Å². The molecule has 0 aliphatic carbocycles. The van der Waals surface area contributed by atoms with E-state index in [2.05, 4.69) is 19.3 Å². The van der Waals surface area contributed by atoms with Crippen molar-refractivity contribution in [1.29, 1.82) is 0 Å². The highest BCUT2D eigenvalue weighted by Gasteiger charge is 2.37. The van der Waals surface area contributed by atoms with Crippen LogP contribution in [0.5, 0.6) is 0 Å². The van der Waals surface area contributed by atoms with Crippen molar-refractivity contribution >= 4 is 74.7 Å². The van der Waals surface area contributed by atoms with E-state index in [1.807, 2.05) is 64.7 Å². The lowest BCUT2D eigenvalue weighted by Gasteiger charge is -2.37. The molecule has 0 N–H and O–H groups in total. The molecule has 0 bridgehead atoms. The number of nitrogens with zero attached hydrogens (tertiary/aromatic N) is 8. The SMILES string of the molecule is CC(=O)N1CCN(c2ccc3c4c(cccc24)C(=O)N(CCN2C=[N+](CCN4C(=O)c5cccc6c(N7CCN(C(C)=O)CC7)ccc(c56)C4=O)CC2)C3=O)CC1. The summed E-state index contributed by atoms with van der Waals surface area (Å²) in [4.78, 5) is 91.9. The van der Waals surface area contributed by atoms with E-state index in [0.29, 0.717) is 112 Å². The molecule has 4 aromatic rings. The van der Waals surface area contributed by atoms with Gasteiger partial charge in [-0.25, -0.2) is 0 Å². The smallest absolute Gasteiger partial charge is 0.261 e. The van der Waals surface area contributed by atoms with Crippen LogP contribution < -0.4 is 9.80 Å². The van der Waals surface area contributed by atoms with Crippen LogP contribution in [0, 0.1) is 0 Å². The van der Waals surface area contributed by atoms with E-state index in [-0.39, 0.29) is 48.5 Å². The summed E-state index contributed by atoms with van der Waals surface area (Å²) in [7, 11) is 0. The molecule has 0 aromatic heterocycles. The maximum Gasteiger partial charge on any atom is 0.261 e. The molecule has 9 rings (SSSR count). The molecule has 2 fully saturated rings. The van der Waals surface area contributed by atoms with Crippen molar-refractivity contribution in [3.8, 4) is 0 Å². The van der Waals surface area contributed by atoms with Gasteiger partial charge in [0, 0.05) is 121 Å². The van der Waals surface area contributed by atoms with Gasteiger partial charge in [0.1, 0.15) is 26.2 Å². The van der Waals surface area contributed by atoms with Crippen molar-refractivity contribution in [3.05, 3.63) is 82.9 Å². The average molecular weight is 770 g/mol. The third-order valence-corrected chi connectivity index (χ3v) is 12.3. The number of hydrogen-bond acceptors (Lipinski definition) is 9. The molecule has 0 atom stereocenters. The summed E-state index contributed by atoms with van der Waals surface area (Å²) in [5.74, 6) is -1.13. The molecule has 6 amide bonds. The second kappa shape index (κ2) is 14.3. The fraction of sp³-hybridized carbons (Fsp3) is 0.372. The summed E-state index contributed by atoms with van der Waals surface area (Å²) in [6.45, 7) is 11.0. The summed E-state index contributed by atoms with van der Waals surface area (Å²) in [5, 5.41) is 3.09. The third kappa shape index (κ3) is 6.23. The Hall–Kier alpha value is -6.31. The fourth-order valence-electron chi connectivity index (χ4n) is 9.14. The van der Waals surface area contributed by atoms with Crippen molar-refractivity contribution in [2.24, 2.45) is 0 Å². The molecule has 0 spiro atoms. The van der Waals surface area contributed by atoms with Gasteiger partial charge in [-0.3, -0.25) is 48.0 Å². The van der Waals surface area contributed by atoms with Crippen molar-refractivity contribution < 1.29 is 33.3 Å². The van der Waals surface area contributed by atoms with Crippen molar-refractivity contribution in [2.45, 2.75) is 13.8 Å². The number of carbonyl (C=O) groups is 6. The molecule has 0 saturated carbocycles. The Kier molecular flexibility index (Phi) is 9.13. The second-order valence-corrected chi connectivity index (χ2v) is 15.4. The van der Waals surface area contributed by atoms with Gasteiger partial charge in [-0.2, -0.15) is 0 Å². The predicted octanol–water partition coefficient (Wildman–Crippen LogP) is 2.58. The summed E-state index contributed by atoms with van der Waals surface area (Å²) < 4.78 is 2.06. The van der Waals surface area contributed by atoms with E-state index in [1.54, 1.807) is 26.0 Å². The van der Waals surface area contributed by atoms with Gasteiger partial charge < -0.3 is 19.6 Å². The number of piperazine rings is 2. The normalized spacial score (nSPS) is 18.4. The van der Waals surface area contributed by atoms with Crippen LogP contribution >= 0.6 is 0 Å². The molecule has 0 radical (unpaired) electrons. The minimum Gasteiger partial charge on any atom is -0.367 e. The van der Waals surface area contributed by atoms with E-state index in [1.165, 1.54) is 9.80 Å². The zero-order chi connectivity index (χ0) is 39.5. The summed E-state index contributed by atoms with van der Waals surface area (Å²) >= 11 is 0. The number of benzene rings is 4. The van der Waals surface area contributed by atoms with Crippen LogP contribution in [0.2, 0.25) is 0 Å². The second-order valence-electron chi connectivity index (χ2n) is 15.4. The van der Waals surface area contributed by atoms with Gasteiger partial charge in [-0.15, -0.1) is 0 Å². The molecule has 14 nitrogen and oxygen atoms in total. The summed E-state index contributed by atoms with van der Waals surface area (Å²) in [5.41, 5.74) is 3.95. The zero-order valence-electron chi connectivity index (χ0n) is 32.3. The van der Waals surface area contributed by atoms with Crippen molar-refractivity contribution in [3.63, 3.8) is 0 Å². The number of imide groups is 2. The van der Waals surface area contributed by atoms with E-state index >= 15 is 0 Å². The Morgan fingerprint density at radius 3 is 1.42 bits per heavy atom. The zero-order valence-corrected chi connectivity index (χ0v) is 32.3. The van der Waals surface area contributed by atoms with E-state index in [0.717, 1.165) is 22.1 Å². The predicted molar refractivity (Wildman–Crippen MR) is 215 cm³/mol. The van der Waals surface area contributed by atoms with Crippen LogP contribution in [0.25, 0.3) is 21.5 Å². The molecular formula is C43H45N8O6+. The first-order valence-electron chi connectivity index (χ1n) is 19.8. The van der Waals surface area contributed by atoms with Gasteiger partial charge >= 0.3 is 0 Å². The number of anilines is 2. The Morgan fingerprint density at radius 2 is 0.965 bits per heavy atom. The molecule has 5 aliphatic rings. The van der Waals surface area contributed by atoms with Crippen LogP contribution in [-0.4, -0.2) is 162 Å². The molecule has 292 valence electrons. The lowest BCUT2D eigenvalue weighted by Crippen LogP contribution is -2.48. The molecule has 0 unspecified atom stereocenters. The summed E-state index contributed by atoms with van der Waals surface area (Å²) in [6, 6.07) is 18.8. The van der Waals surface area contributed by atoms with Gasteiger partial charge in [0.05, 0.1) is 13.1 Å². The molecule has 2 saturated heterocycles. The molecule has 57 heavy (non-hydrogen) atoms. The number of carbonyl (C=O) groups excluding carboxylic acids is 6. The third-order valence-electron chi connectivity index (χ3n) is 12.3. The van der Waals surface area contributed by atoms with Crippen LogP contribution in [0.3, 0.4) is 0 Å². The van der Waals surface area contributed by atoms with E-state index < -0.39 is 0 Å². The molecule has 5 heterocycles. The van der Waals surface area contributed by atoms with Crippen molar-refractivity contribution in [1.82, 2.24) is 24.5 Å². The van der Waals surface area contributed by atoms with Gasteiger partial charge in [0.15, 0.2) is 0 Å². The van der Waals surface area contributed by atoms with Gasteiger partial charge in [0.2, 0.25) is 18.2 Å². The standard InChI is InChI=1S/C43H45N8O6/c1-28(52)46-17-21-48(22-18-46)36-11-9-34-38-30(36)5-3-7-32(38)40(54)50(42(34)56)25-15-44-13-14-45(27-44)16-26-51-41(55)33-8-4-6-31-37(12-10-35(39(31)33)43(51)57)49-23-19-47(20-24-49)29(2)53/h3-12,27H,13-26H2,1-2H3/q+1. The van der Waals surface area contributed by atoms with Crippen LogP contribution in [-0.2, 0) is 9.59 Å². The minimum absolute atomic E-state index is 0.0611. The fourth-order valence-corrected chi connectivity index (χ4v) is 9.14. The van der Waals surface area contributed by atoms with Gasteiger partial charge in [-0.1, -0.05) is 24.3 Å². The first-order chi connectivity index (χ1) is 27.6. The first-order valence-corrected chi connectivity index (χ1v) is 19.8. The highest BCUT2D eigenvalue weighted by Crippen LogP contribution is 2.38. The van der Waals surface area contributed by atoms with Crippen LogP contribution in [0.15, 0.2) is 60.7 Å². The van der Waals surface area contributed by atoms with Crippen LogP contribution in [0.4, 0.5) is 11.4 Å². The maximum atomic E-state index is 13.8. The molecular weight excluding hydrogens is 725 g/mol. The highest BCUT2D eigenvalue weighted by molar-refractivity contribution is 6.28. The largest absolute Gasteiger partial charge is 0.367 e. The average Bonchev–Trinajstić information content (AvgIpc) is 3.69. The number of hydrogen-bond donors (Lipinski definition) is 0. The highest BCUT2D eigenvalue weighted by atomic mass is 16.2.